The van der Waals surface area contributed by atoms with Crippen LogP contribution in [0.15, 0.2) is 11.6 Å². The minimum absolute atomic E-state index is 0.515. The number of nitrogens with zero attached hydrogens (tertiary/aromatic N) is 1. The van der Waals surface area contributed by atoms with Gasteiger partial charge in [-0.25, -0.2) is 4.98 Å². The van der Waals surface area contributed by atoms with E-state index in [4.69, 9.17) is 0 Å². The van der Waals surface area contributed by atoms with Crippen LogP contribution in [-0.2, 0) is 0 Å². The van der Waals surface area contributed by atoms with Gasteiger partial charge in [0.15, 0.2) is 0 Å². The molecule has 0 saturated heterocycles. The highest BCUT2D eigenvalue weighted by atomic mass is 32.1. The Kier molecular flexibility index (Phi) is 3.69. The Morgan fingerprint density at radius 1 is 1.67 bits per heavy atom. The molecular weight excluding hydrogens is 168 g/mol. The molecule has 0 saturated carbocycles. The molecule has 0 aliphatic rings. The molecule has 68 valence electrons. The van der Waals surface area contributed by atoms with Gasteiger partial charge in [0.25, 0.3) is 0 Å². The predicted molar refractivity (Wildman–Crippen MR) is 53.7 cm³/mol. The highest BCUT2D eigenvalue weighted by molar-refractivity contribution is 7.09. The topological polar surface area (TPSA) is 24.9 Å². The minimum Gasteiger partial charge on any atom is -0.317 e. The van der Waals surface area contributed by atoms with E-state index >= 15 is 0 Å². The van der Waals surface area contributed by atoms with Crippen LogP contribution in [0.5, 0.6) is 0 Å². The summed E-state index contributed by atoms with van der Waals surface area (Å²) in [6.45, 7) is 4.41. The van der Waals surface area contributed by atoms with Gasteiger partial charge in [-0.15, -0.1) is 11.3 Å². The van der Waals surface area contributed by atoms with E-state index in [1.165, 1.54) is 5.01 Å². The summed E-state index contributed by atoms with van der Waals surface area (Å²) in [6.07, 6.45) is 3.03. The minimum atomic E-state index is 0.515. The Balaban J connectivity index is 2.69. The van der Waals surface area contributed by atoms with Gasteiger partial charge in [-0.3, -0.25) is 0 Å². The second kappa shape index (κ2) is 4.58. The normalized spacial score (nSPS) is 15.9. The third kappa shape index (κ3) is 2.05. The molecule has 0 aliphatic heterocycles. The smallest absolute Gasteiger partial charge is 0.0971 e. The fraction of sp³-hybridized carbons (Fsp3) is 0.667. The van der Waals surface area contributed by atoms with Crippen molar-refractivity contribution >= 4 is 11.3 Å². The quantitative estimate of drug-likeness (QED) is 0.776. The van der Waals surface area contributed by atoms with Crippen molar-refractivity contribution in [3.8, 4) is 0 Å². The van der Waals surface area contributed by atoms with E-state index in [-0.39, 0.29) is 0 Å². The van der Waals surface area contributed by atoms with Crippen LogP contribution >= 0.6 is 11.3 Å². The van der Waals surface area contributed by atoms with Crippen LogP contribution in [0.25, 0.3) is 0 Å². The molecule has 0 aliphatic carbocycles. The number of hydrogen-bond donors (Lipinski definition) is 1. The Hall–Kier alpha value is -0.410. The summed E-state index contributed by atoms with van der Waals surface area (Å²) in [4.78, 5) is 4.33. The van der Waals surface area contributed by atoms with E-state index in [9.17, 15) is 0 Å². The summed E-state index contributed by atoms with van der Waals surface area (Å²) >= 11 is 1.75. The zero-order chi connectivity index (χ0) is 8.97. The fourth-order valence-corrected chi connectivity index (χ4v) is 2.29. The molecule has 2 nitrogen and oxygen atoms in total. The highest BCUT2D eigenvalue weighted by Crippen LogP contribution is 2.24. The Bertz CT molecular complexity index is 208. The molecule has 1 aromatic rings. The van der Waals surface area contributed by atoms with Crippen molar-refractivity contribution in [2.45, 2.75) is 32.2 Å². The molecule has 0 bridgehead atoms. The van der Waals surface area contributed by atoms with Crippen LogP contribution in [0.1, 0.15) is 31.2 Å². The van der Waals surface area contributed by atoms with Crippen LogP contribution in [-0.4, -0.2) is 18.1 Å². The lowest BCUT2D eigenvalue weighted by atomic mass is 9.99. The zero-order valence-corrected chi connectivity index (χ0v) is 8.69. The summed E-state index contributed by atoms with van der Waals surface area (Å²) in [5, 5.41) is 6.56. The van der Waals surface area contributed by atoms with Gasteiger partial charge < -0.3 is 5.32 Å². The van der Waals surface area contributed by atoms with Gasteiger partial charge in [0.1, 0.15) is 0 Å². The number of likely N-dealkylation sites (N-methyl/N-ethyl adjacent to an activating group) is 1. The van der Waals surface area contributed by atoms with Crippen molar-refractivity contribution in [3.63, 3.8) is 0 Å². The molecule has 0 aromatic carbocycles. The first-order chi connectivity index (χ1) is 5.79. The lowest BCUT2D eigenvalue weighted by Gasteiger charge is -2.19. The summed E-state index contributed by atoms with van der Waals surface area (Å²) in [5.74, 6) is 0.565. The molecule has 2 atom stereocenters. The Morgan fingerprint density at radius 2 is 2.42 bits per heavy atom. The Morgan fingerprint density at radius 3 is 2.83 bits per heavy atom. The van der Waals surface area contributed by atoms with Crippen LogP contribution in [0, 0.1) is 0 Å². The molecule has 1 heterocycles. The zero-order valence-electron chi connectivity index (χ0n) is 7.87. The first-order valence-corrected chi connectivity index (χ1v) is 5.24. The summed E-state index contributed by atoms with van der Waals surface area (Å²) in [6, 6.07) is 0.515. The molecule has 0 spiro atoms. The number of rotatable bonds is 4. The summed E-state index contributed by atoms with van der Waals surface area (Å²) < 4.78 is 0. The third-order valence-corrected chi connectivity index (χ3v) is 3.17. The second-order valence-electron chi connectivity index (χ2n) is 2.96. The maximum absolute atomic E-state index is 4.33. The molecule has 1 aromatic heterocycles. The van der Waals surface area contributed by atoms with E-state index in [0.717, 1.165) is 6.42 Å². The maximum Gasteiger partial charge on any atom is 0.0971 e. The van der Waals surface area contributed by atoms with Gasteiger partial charge in [-0.2, -0.15) is 0 Å². The number of hydrogen-bond acceptors (Lipinski definition) is 3. The van der Waals surface area contributed by atoms with Gasteiger partial charge >= 0.3 is 0 Å². The van der Waals surface area contributed by atoms with Crippen molar-refractivity contribution in [3.05, 3.63) is 16.6 Å². The van der Waals surface area contributed by atoms with Crippen LogP contribution in [0.2, 0.25) is 0 Å². The van der Waals surface area contributed by atoms with Crippen LogP contribution in [0.4, 0.5) is 0 Å². The van der Waals surface area contributed by atoms with Crippen molar-refractivity contribution in [1.29, 1.82) is 0 Å². The van der Waals surface area contributed by atoms with Crippen molar-refractivity contribution < 1.29 is 0 Å². The van der Waals surface area contributed by atoms with Gasteiger partial charge in [0.2, 0.25) is 0 Å². The van der Waals surface area contributed by atoms with Crippen molar-refractivity contribution in [2.24, 2.45) is 0 Å². The molecule has 0 amide bonds. The standard InChI is InChI=1S/C9H16N2S/c1-4-8(7(2)10-3)9-11-5-6-12-9/h5-8,10H,4H2,1-3H3. The molecule has 12 heavy (non-hydrogen) atoms. The average molecular weight is 184 g/mol. The van der Waals surface area contributed by atoms with E-state index in [1.807, 2.05) is 18.6 Å². The lowest BCUT2D eigenvalue weighted by Crippen LogP contribution is -2.28. The molecule has 3 heteroatoms. The first kappa shape index (κ1) is 9.68. The molecule has 0 radical (unpaired) electrons. The average Bonchev–Trinajstić information content (AvgIpc) is 2.58. The molecule has 1 rings (SSSR count). The fourth-order valence-electron chi connectivity index (χ4n) is 1.36. The first-order valence-electron chi connectivity index (χ1n) is 4.36. The van der Waals surface area contributed by atoms with E-state index < -0.39 is 0 Å². The van der Waals surface area contributed by atoms with E-state index in [0.29, 0.717) is 12.0 Å². The summed E-state index contributed by atoms with van der Waals surface area (Å²) in [7, 11) is 2.00. The molecule has 2 unspecified atom stereocenters. The SMILES string of the molecule is CCC(c1nccs1)C(C)NC. The van der Waals surface area contributed by atoms with Gasteiger partial charge in [-0.05, 0) is 20.4 Å². The molecular formula is C9H16N2S. The lowest BCUT2D eigenvalue weighted by molar-refractivity contribution is 0.481. The number of aromatic nitrogens is 1. The number of nitrogens with one attached hydrogen (secondary N) is 1. The van der Waals surface area contributed by atoms with E-state index in [1.54, 1.807) is 11.3 Å². The monoisotopic (exact) mass is 184 g/mol. The molecule has 0 fully saturated rings. The number of thiazole rings is 1. The van der Waals surface area contributed by atoms with Crippen LogP contribution < -0.4 is 5.32 Å². The second-order valence-corrected chi connectivity index (χ2v) is 3.89. The molecule has 1 N–H and O–H groups in total. The third-order valence-electron chi connectivity index (χ3n) is 2.27. The highest BCUT2D eigenvalue weighted by Gasteiger charge is 2.17. The van der Waals surface area contributed by atoms with Crippen molar-refractivity contribution in [1.82, 2.24) is 10.3 Å². The van der Waals surface area contributed by atoms with Gasteiger partial charge in [-0.1, -0.05) is 6.92 Å². The Labute approximate surface area is 78.0 Å². The van der Waals surface area contributed by atoms with Gasteiger partial charge in [0.05, 0.1) is 5.01 Å². The van der Waals surface area contributed by atoms with Crippen LogP contribution in [0.3, 0.4) is 0 Å². The maximum atomic E-state index is 4.33. The predicted octanol–water partition coefficient (Wildman–Crippen LogP) is 2.24. The van der Waals surface area contributed by atoms with Gasteiger partial charge in [0, 0.05) is 23.5 Å². The summed E-state index contributed by atoms with van der Waals surface area (Å²) in [5.41, 5.74) is 0. The van der Waals surface area contributed by atoms with Crippen molar-refractivity contribution in [2.75, 3.05) is 7.05 Å². The van der Waals surface area contributed by atoms with E-state index in [2.05, 4.69) is 24.1 Å². The largest absolute Gasteiger partial charge is 0.317 e.